The SMILES string of the molecule is Cc1oc(Oc2ccccc2)cc1Br. The maximum atomic E-state index is 5.48. The lowest BCUT2D eigenvalue weighted by Crippen LogP contribution is -1.79. The lowest BCUT2D eigenvalue weighted by molar-refractivity contribution is 0.337. The molecule has 3 heteroatoms. The average molecular weight is 253 g/mol. The van der Waals surface area contributed by atoms with E-state index in [4.69, 9.17) is 9.15 Å². The van der Waals surface area contributed by atoms with Crippen LogP contribution in [0.1, 0.15) is 5.76 Å². The number of hydrogen-bond acceptors (Lipinski definition) is 2. The van der Waals surface area contributed by atoms with Crippen LogP contribution in [0.2, 0.25) is 0 Å². The predicted octanol–water partition coefficient (Wildman–Crippen LogP) is 4.14. The summed E-state index contributed by atoms with van der Waals surface area (Å²) >= 11 is 3.36. The van der Waals surface area contributed by atoms with Gasteiger partial charge in [-0.05, 0) is 35.0 Å². The number of aryl methyl sites for hydroxylation is 1. The summed E-state index contributed by atoms with van der Waals surface area (Å²) in [5, 5.41) is 0. The van der Waals surface area contributed by atoms with Crippen molar-refractivity contribution in [1.29, 1.82) is 0 Å². The standard InChI is InChI=1S/C11H9BrO2/c1-8-10(12)7-11(13-8)14-9-5-3-2-4-6-9/h2-7H,1H3. The minimum absolute atomic E-state index is 0.501. The number of ether oxygens (including phenoxy) is 1. The highest BCUT2D eigenvalue weighted by atomic mass is 79.9. The van der Waals surface area contributed by atoms with E-state index in [1.54, 1.807) is 0 Å². The second-order valence-corrected chi connectivity index (χ2v) is 3.74. The molecule has 2 rings (SSSR count). The first-order valence-electron chi connectivity index (χ1n) is 4.24. The van der Waals surface area contributed by atoms with Gasteiger partial charge in [-0.25, -0.2) is 0 Å². The second-order valence-electron chi connectivity index (χ2n) is 2.88. The summed E-state index contributed by atoms with van der Waals surface area (Å²) in [6, 6.07) is 11.3. The van der Waals surface area contributed by atoms with Gasteiger partial charge in [0.2, 0.25) is 0 Å². The molecular weight excluding hydrogens is 244 g/mol. The molecule has 0 radical (unpaired) electrons. The molecule has 14 heavy (non-hydrogen) atoms. The first-order valence-corrected chi connectivity index (χ1v) is 5.04. The van der Waals surface area contributed by atoms with Gasteiger partial charge in [-0.3, -0.25) is 0 Å². The Morgan fingerprint density at radius 2 is 1.93 bits per heavy atom. The van der Waals surface area contributed by atoms with Crippen LogP contribution < -0.4 is 4.74 Å². The lowest BCUT2D eigenvalue weighted by Gasteiger charge is -1.99. The summed E-state index contributed by atoms with van der Waals surface area (Å²) in [7, 11) is 0. The summed E-state index contributed by atoms with van der Waals surface area (Å²) in [5.74, 6) is 2.09. The van der Waals surface area contributed by atoms with Crippen molar-refractivity contribution in [3.05, 3.63) is 46.6 Å². The molecule has 0 amide bonds. The number of para-hydroxylation sites is 1. The van der Waals surface area contributed by atoms with Crippen molar-refractivity contribution in [1.82, 2.24) is 0 Å². The Morgan fingerprint density at radius 1 is 1.21 bits per heavy atom. The molecule has 1 aromatic carbocycles. The number of hydrogen-bond donors (Lipinski definition) is 0. The van der Waals surface area contributed by atoms with Gasteiger partial charge in [0.1, 0.15) is 11.5 Å². The molecule has 0 fully saturated rings. The van der Waals surface area contributed by atoms with Crippen LogP contribution in [-0.2, 0) is 0 Å². The van der Waals surface area contributed by atoms with Crippen LogP contribution in [0.25, 0.3) is 0 Å². The highest BCUT2D eigenvalue weighted by molar-refractivity contribution is 9.10. The first-order chi connectivity index (χ1) is 6.75. The lowest BCUT2D eigenvalue weighted by atomic mass is 10.3. The van der Waals surface area contributed by atoms with Crippen LogP contribution in [0.4, 0.5) is 0 Å². The van der Waals surface area contributed by atoms with Gasteiger partial charge in [-0.2, -0.15) is 0 Å². The number of benzene rings is 1. The third-order valence-corrected chi connectivity index (χ3v) is 2.58. The van der Waals surface area contributed by atoms with Crippen molar-refractivity contribution < 1.29 is 9.15 Å². The van der Waals surface area contributed by atoms with Gasteiger partial charge >= 0.3 is 0 Å². The third-order valence-electron chi connectivity index (χ3n) is 1.80. The minimum Gasteiger partial charge on any atom is -0.430 e. The fraction of sp³-hybridized carbons (Fsp3) is 0.0909. The Morgan fingerprint density at radius 3 is 2.50 bits per heavy atom. The summed E-state index contributed by atoms with van der Waals surface area (Å²) in [5.41, 5.74) is 0. The van der Waals surface area contributed by atoms with Crippen LogP contribution in [0.3, 0.4) is 0 Å². The van der Waals surface area contributed by atoms with Crippen molar-refractivity contribution >= 4 is 15.9 Å². The Bertz CT molecular complexity index is 401. The molecule has 0 bridgehead atoms. The fourth-order valence-corrected chi connectivity index (χ4v) is 1.36. The zero-order valence-electron chi connectivity index (χ0n) is 7.66. The van der Waals surface area contributed by atoms with E-state index in [0.29, 0.717) is 5.95 Å². The summed E-state index contributed by atoms with van der Waals surface area (Å²) in [6.07, 6.45) is 0. The Balaban J connectivity index is 2.19. The Hall–Kier alpha value is -1.22. The third kappa shape index (κ3) is 1.99. The molecule has 0 spiro atoms. The van der Waals surface area contributed by atoms with E-state index in [2.05, 4.69) is 15.9 Å². The van der Waals surface area contributed by atoms with Crippen LogP contribution in [-0.4, -0.2) is 0 Å². The highest BCUT2D eigenvalue weighted by Gasteiger charge is 2.05. The van der Waals surface area contributed by atoms with Gasteiger partial charge in [-0.15, -0.1) is 0 Å². The van der Waals surface area contributed by atoms with Gasteiger partial charge in [0.05, 0.1) is 4.47 Å². The molecule has 72 valence electrons. The molecular formula is C11H9BrO2. The minimum atomic E-state index is 0.501. The van der Waals surface area contributed by atoms with Crippen molar-refractivity contribution in [2.75, 3.05) is 0 Å². The molecule has 1 heterocycles. The zero-order chi connectivity index (χ0) is 9.97. The van der Waals surface area contributed by atoms with Crippen LogP contribution >= 0.6 is 15.9 Å². The van der Waals surface area contributed by atoms with Gasteiger partial charge in [0, 0.05) is 6.07 Å². The molecule has 2 aromatic rings. The number of furan rings is 1. The van der Waals surface area contributed by atoms with Crippen LogP contribution in [0.5, 0.6) is 11.7 Å². The molecule has 0 saturated carbocycles. The van der Waals surface area contributed by atoms with Gasteiger partial charge < -0.3 is 9.15 Å². The van der Waals surface area contributed by atoms with Crippen molar-refractivity contribution in [3.8, 4) is 11.7 Å². The van der Waals surface area contributed by atoms with E-state index in [-0.39, 0.29) is 0 Å². The maximum absolute atomic E-state index is 5.48. The van der Waals surface area contributed by atoms with Crippen LogP contribution in [0.15, 0.2) is 45.3 Å². The van der Waals surface area contributed by atoms with Gasteiger partial charge in [0.15, 0.2) is 0 Å². The van der Waals surface area contributed by atoms with Crippen molar-refractivity contribution in [2.24, 2.45) is 0 Å². The largest absolute Gasteiger partial charge is 0.430 e. The molecule has 0 aliphatic rings. The van der Waals surface area contributed by atoms with E-state index < -0.39 is 0 Å². The maximum Gasteiger partial charge on any atom is 0.291 e. The van der Waals surface area contributed by atoms with E-state index >= 15 is 0 Å². The summed E-state index contributed by atoms with van der Waals surface area (Å²) < 4.78 is 11.8. The monoisotopic (exact) mass is 252 g/mol. The predicted molar refractivity (Wildman–Crippen MR) is 57.7 cm³/mol. The average Bonchev–Trinajstić information content (AvgIpc) is 2.47. The van der Waals surface area contributed by atoms with E-state index in [1.165, 1.54) is 0 Å². The highest BCUT2D eigenvalue weighted by Crippen LogP contribution is 2.29. The molecule has 0 aliphatic heterocycles. The summed E-state index contributed by atoms with van der Waals surface area (Å²) in [6.45, 7) is 1.88. The molecule has 0 N–H and O–H groups in total. The molecule has 0 unspecified atom stereocenters. The van der Waals surface area contributed by atoms with Crippen LogP contribution in [0, 0.1) is 6.92 Å². The van der Waals surface area contributed by atoms with Crippen molar-refractivity contribution in [3.63, 3.8) is 0 Å². The molecule has 1 aromatic heterocycles. The molecule has 2 nitrogen and oxygen atoms in total. The molecule has 0 saturated heterocycles. The Labute approximate surface area is 90.6 Å². The van der Waals surface area contributed by atoms with E-state index in [9.17, 15) is 0 Å². The topological polar surface area (TPSA) is 22.4 Å². The smallest absolute Gasteiger partial charge is 0.291 e. The number of halogens is 1. The quantitative estimate of drug-likeness (QED) is 0.802. The molecule has 0 atom stereocenters. The van der Waals surface area contributed by atoms with E-state index in [0.717, 1.165) is 16.0 Å². The molecule has 0 aliphatic carbocycles. The number of rotatable bonds is 2. The van der Waals surface area contributed by atoms with Gasteiger partial charge in [-0.1, -0.05) is 18.2 Å². The zero-order valence-corrected chi connectivity index (χ0v) is 9.24. The fourth-order valence-electron chi connectivity index (χ4n) is 1.09. The normalized spacial score (nSPS) is 10.1. The second kappa shape index (κ2) is 3.88. The first kappa shape index (κ1) is 9.34. The van der Waals surface area contributed by atoms with Gasteiger partial charge in [0.25, 0.3) is 5.95 Å². The Kier molecular flexibility index (Phi) is 2.59. The summed E-state index contributed by atoms with van der Waals surface area (Å²) in [4.78, 5) is 0. The van der Waals surface area contributed by atoms with Crippen molar-refractivity contribution in [2.45, 2.75) is 6.92 Å². The van der Waals surface area contributed by atoms with E-state index in [1.807, 2.05) is 43.3 Å².